The summed E-state index contributed by atoms with van der Waals surface area (Å²) in [5.41, 5.74) is 2.27. The van der Waals surface area contributed by atoms with Crippen molar-refractivity contribution in [2.75, 3.05) is 19.6 Å². The molecule has 3 aromatic heterocycles. The van der Waals surface area contributed by atoms with Crippen molar-refractivity contribution in [2.45, 2.75) is 58.5 Å². The number of piperidine rings is 1. The molecule has 0 aromatic carbocycles. The second-order valence-corrected chi connectivity index (χ2v) is 9.31. The Morgan fingerprint density at radius 3 is 3.03 bits per heavy atom. The molecule has 6 nitrogen and oxygen atoms in total. The third kappa shape index (κ3) is 4.90. The molecule has 3 aromatic rings. The van der Waals surface area contributed by atoms with Crippen molar-refractivity contribution in [1.29, 1.82) is 0 Å². The summed E-state index contributed by atoms with van der Waals surface area (Å²) < 4.78 is 1.88. The van der Waals surface area contributed by atoms with E-state index in [0.717, 1.165) is 36.1 Å². The van der Waals surface area contributed by atoms with Gasteiger partial charge in [0.15, 0.2) is 5.65 Å². The number of hydrogen-bond acceptors (Lipinski definition) is 5. The molecule has 0 spiro atoms. The van der Waals surface area contributed by atoms with Crippen LogP contribution in [0.1, 0.15) is 60.0 Å². The standard InChI is InChI=1S/C23H31N5OS/c1-17-14-20(21-15-25-28(22(21)26-17)16-19-9-7-13-30-19)23(29)24-10-4-6-12-27-11-5-3-8-18(27)2/h7,9,13-15,18H,3-6,8,10-12,16H2,1-2H3,(H,24,29). The first-order chi connectivity index (χ1) is 14.6. The number of likely N-dealkylation sites (tertiary alicyclic amines) is 1. The fraction of sp³-hybridized carbons (Fsp3) is 0.522. The number of unbranched alkanes of at least 4 members (excludes halogenated alkanes) is 1. The zero-order valence-corrected chi connectivity index (χ0v) is 18.7. The number of pyridine rings is 1. The van der Waals surface area contributed by atoms with E-state index in [4.69, 9.17) is 0 Å². The minimum Gasteiger partial charge on any atom is -0.352 e. The number of amides is 1. The van der Waals surface area contributed by atoms with Crippen molar-refractivity contribution in [3.63, 3.8) is 0 Å². The van der Waals surface area contributed by atoms with Crippen molar-refractivity contribution in [3.8, 4) is 0 Å². The molecular formula is C23H31N5OS. The van der Waals surface area contributed by atoms with Gasteiger partial charge in [-0.25, -0.2) is 9.67 Å². The van der Waals surface area contributed by atoms with Gasteiger partial charge in [0.1, 0.15) is 0 Å². The molecule has 7 heteroatoms. The summed E-state index contributed by atoms with van der Waals surface area (Å²) in [4.78, 5) is 21.3. The Hall–Kier alpha value is -2.25. The minimum absolute atomic E-state index is 0.0347. The molecule has 0 aliphatic carbocycles. The summed E-state index contributed by atoms with van der Waals surface area (Å²) in [6, 6.07) is 6.69. The van der Waals surface area contributed by atoms with E-state index in [1.54, 1.807) is 17.5 Å². The van der Waals surface area contributed by atoms with Crippen LogP contribution in [0.4, 0.5) is 0 Å². The highest BCUT2D eigenvalue weighted by Gasteiger charge is 2.18. The quantitative estimate of drug-likeness (QED) is 0.549. The Morgan fingerprint density at radius 2 is 2.23 bits per heavy atom. The number of nitrogens with zero attached hydrogens (tertiary/aromatic N) is 4. The highest BCUT2D eigenvalue weighted by Crippen LogP contribution is 2.21. The number of carbonyl (C=O) groups excluding carboxylic acids is 1. The molecule has 4 heterocycles. The van der Waals surface area contributed by atoms with Crippen molar-refractivity contribution in [1.82, 2.24) is 25.0 Å². The second kappa shape index (κ2) is 9.71. The Balaban J connectivity index is 1.35. The molecule has 4 rings (SSSR count). The molecule has 0 radical (unpaired) electrons. The largest absolute Gasteiger partial charge is 0.352 e. The molecule has 1 amide bonds. The summed E-state index contributed by atoms with van der Waals surface area (Å²) in [6.07, 6.45) is 7.88. The van der Waals surface area contributed by atoms with Gasteiger partial charge < -0.3 is 10.2 Å². The van der Waals surface area contributed by atoms with Crippen LogP contribution in [0.3, 0.4) is 0 Å². The van der Waals surface area contributed by atoms with Gasteiger partial charge in [-0.1, -0.05) is 12.5 Å². The van der Waals surface area contributed by atoms with Crippen molar-refractivity contribution in [2.24, 2.45) is 0 Å². The molecule has 0 saturated carbocycles. The fourth-order valence-corrected chi connectivity index (χ4v) is 4.94. The molecule has 1 saturated heterocycles. The van der Waals surface area contributed by atoms with Gasteiger partial charge in [-0.2, -0.15) is 5.10 Å². The predicted octanol–water partition coefficient (Wildman–Crippen LogP) is 4.23. The SMILES string of the molecule is Cc1cc(C(=O)NCCCCN2CCCCC2C)c2cnn(Cc3cccs3)c2n1. The topological polar surface area (TPSA) is 63.1 Å². The third-order valence-corrected chi connectivity index (χ3v) is 6.83. The van der Waals surface area contributed by atoms with Crippen molar-refractivity contribution < 1.29 is 4.79 Å². The van der Waals surface area contributed by atoms with Gasteiger partial charge in [0.25, 0.3) is 5.91 Å². The summed E-state index contributed by atoms with van der Waals surface area (Å²) in [7, 11) is 0. The number of thiophene rings is 1. The minimum atomic E-state index is -0.0347. The van der Waals surface area contributed by atoms with Crippen LogP contribution < -0.4 is 5.32 Å². The van der Waals surface area contributed by atoms with E-state index in [9.17, 15) is 4.79 Å². The smallest absolute Gasteiger partial charge is 0.252 e. The van der Waals surface area contributed by atoms with E-state index in [-0.39, 0.29) is 5.91 Å². The van der Waals surface area contributed by atoms with E-state index < -0.39 is 0 Å². The first-order valence-corrected chi connectivity index (χ1v) is 11.9. The Morgan fingerprint density at radius 1 is 1.33 bits per heavy atom. The lowest BCUT2D eigenvalue weighted by atomic mass is 10.0. The van der Waals surface area contributed by atoms with E-state index in [1.807, 2.05) is 23.7 Å². The molecule has 1 unspecified atom stereocenters. The first-order valence-electron chi connectivity index (χ1n) is 11.0. The summed E-state index contributed by atoms with van der Waals surface area (Å²) in [5, 5.41) is 10.5. The van der Waals surface area contributed by atoms with Crippen LogP contribution in [0.5, 0.6) is 0 Å². The number of aromatic nitrogens is 3. The van der Waals surface area contributed by atoms with Gasteiger partial charge >= 0.3 is 0 Å². The molecule has 1 atom stereocenters. The Kier molecular flexibility index (Phi) is 6.79. The molecule has 1 N–H and O–H groups in total. The maximum atomic E-state index is 12.9. The fourth-order valence-electron chi connectivity index (χ4n) is 4.25. The first kappa shape index (κ1) is 21.0. The highest BCUT2D eigenvalue weighted by molar-refractivity contribution is 7.09. The van der Waals surface area contributed by atoms with E-state index >= 15 is 0 Å². The number of fused-ring (bicyclic) bond motifs is 1. The van der Waals surface area contributed by atoms with Crippen molar-refractivity contribution in [3.05, 3.63) is 45.9 Å². The lowest BCUT2D eigenvalue weighted by Crippen LogP contribution is -2.38. The lowest BCUT2D eigenvalue weighted by Gasteiger charge is -2.33. The van der Waals surface area contributed by atoms with Gasteiger partial charge in [-0.05, 0) is 70.1 Å². The van der Waals surface area contributed by atoms with Crippen LogP contribution in [0.15, 0.2) is 29.8 Å². The molecule has 1 aliphatic heterocycles. The molecule has 30 heavy (non-hydrogen) atoms. The lowest BCUT2D eigenvalue weighted by molar-refractivity contribution is 0.0953. The molecule has 1 fully saturated rings. The summed E-state index contributed by atoms with van der Waals surface area (Å²) >= 11 is 1.70. The van der Waals surface area contributed by atoms with Crippen LogP contribution in [0.25, 0.3) is 11.0 Å². The second-order valence-electron chi connectivity index (χ2n) is 8.27. The van der Waals surface area contributed by atoms with Crippen molar-refractivity contribution >= 4 is 28.3 Å². The average Bonchev–Trinajstić information content (AvgIpc) is 3.39. The number of hydrogen-bond donors (Lipinski definition) is 1. The van der Waals surface area contributed by atoms with Gasteiger partial charge in [0.05, 0.1) is 23.7 Å². The van der Waals surface area contributed by atoms with Crippen LogP contribution >= 0.6 is 11.3 Å². The van der Waals surface area contributed by atoms with E-state index in [0.29, 0.717) is 24.7 Å². The highest BCUT2D eigenvalue weighted by atomic mass is 32.1. The van der Waals surface area contributed by atoms with Gasteiger partial charge in [-0.3, -0.25) is 4.79 Å². The zero-order chi connectivity index (χ0) is 20.9. The Bertz CT molecular complexity index is 981. The average molecular weight is 426 g/mol. The summed E-state index contributed by atoms with van der Waals surface area (Å²) in [6.45, 7) is 7.98. The third-order valence-electron chi connectivity index (χ3n) is 5.97. The number of carbonyl (C=O) groups is 1. The number of nitrogens with one attached hydrogen (secondary N) is 1. The molecule has 0 bridgehead atoms. The molecule has 160 valence electrons. The zero-order valence-electron chi connectivity index (χ0n) is 17.9. The van der Waals surface area contributed by atoms with Crippen LogP contribution in [-0.2, 0) is 6.54 Å². The normalized spacial score (nSPS) is 17.5. The van der Waals surface area contributed by atoms with Crippen LogP contribution in [-0.4, -0.2) is 51.2 Å². The Labute approximate surface area is 182 Å². The maximum Gasteiger partial charge on any atom is 0.252 e. The maximum absolute atomic E-state index is 12.9. The summed E-state index contributed by atoms with van der Waals surface area (Å²) in [5.74, 6) is -0.0347. The van der Waals surface area contributed by atoms with Gasteiger partial charge in [0, 0.05) is 23.2 Å². The monoisotopic (exact) mass is 425 g/mol. The number of aryl methyl sites for hydroxylation is 1. The van der Waals surface area contributed by atoms with Crippen LogP contribution in [0, 0.1) is 6.92 Å². The van der Waals surface area contributed by atoms with E-state index in [2.05, 4.69) is 38.7 Å². The number of rotatable bonds is 8. The predicted molar refractivity (Wildman–Crippen MR) is 122 cm³/mol. The van der Waals surface area contributed by atoms with Gasteiger partial charge in [0.2, 0.25) is 0 Å². The van der Waals surface area contributed by atoms with E-state index in [1.165, 1.54) is 30.7 Å². The molecule has 1 aliphatic rings. The molecular weight excluding hydrogens is 394 g/mol. The van der Waals surface area contributed by atoms with Crippen LogP contribution in [0.2, 0.25) is 0 Å². The van der Waals surface area contributed by atoms with Gasteiger partial charge in [-0.15, -0.1) is 11.3 Å².